The molecule has 1 aromatic rings. The van der Waals surface area contributed by atoms with E-state index in [0.717, 1.165) is 0 Å². The zero-order valence-corrected chi connectivity index (χ0v) is 12.4. The summed E-state index contributed by atoms with van der Waals surface area (Å²) < 4.78 is 24.2. The minimum atomic E-state index is -3.45. The molecule has 20 heavy (non-hydrogen) atoms. The highest BCUT2D eigenvalue weighted by molar-refractivity contribution is 7.91. The van der Waals surface area contributed by atoms with E-state index in [1.807, 2.05) is 0 Å². The first-order valence-corrected chi connectivity index (χ1v) is 7.91. The lowest BCUT2D eigenvalue weighted by Crippen LogP contribution is -2.34. The van der Waals surface area contributed by atoms with E-state index in [1.165, 1.54) is 35.2 Å². The number of aliphatic carboxylic acids is 1. The van der Waals surface area contributed by atoms with Crippen molar-refractivity contribution in [2.45, 2.75) is 4.90 Å². The lowest BCUT2D eigenvalue weighted by atomic mass is 10.4. The number of carbonyl (C=O) groups is 1. The molecule has 1 aromatic carbocycles. The van der Waals surface area contributed by atoms with Gasteiger partial charge in [-0.05, 0) is 24.3 Å². The molecule has 0 aromatic heterocycles. The van der Waals surface area contributed by atoms with Gasteiger partial charge < -0.3 is 5.11 Å². The molecule has 0 radical (unpaired) electrons. The van der Waals surface area contributed by atoms with E-state index in [2.05, 4.69) is 6.58 Å². The maximum atomic E-state index is 12.1. The number of carboxylic acid groups (broad SMARTS) is 1. The second-order valence-corrected chi connectivity index (χ2v) is 6.74. The Morgan fingerprint density at radius 1 is 1.35 bits per heavy atom. The Kier molecular flexibility index (Phi) is 6.19. The molecule has 0 atom stereocenters. The Hall–Kier alpha value is -1.37. The van der Waals surface area contributed by atoms with Crippen LogP contribution < -0.4 is 0 Å². The maximum Gasteiger partial charge on any atom is 0.317 e. The van der Waals surface area contributed by atoms with Crippen molar-refractivity contribution in [3.05, 3.63) is 41.9 Å². The molecule has 0 fully saturated rings. The Morgan fingerprint density at radius 2 is 1.95 bits per heavy atom. The van der Waals surface area contributed by atoms with Gasteiger partial charge in [-0.3, -0.25) is 9.69 Å². The Balaban J connectivity index is 2.72. The molecule has 0 aliphatic rings. The van der Waals surface area contributed by atoms with Gasteiger partial charge in [0, 0.05) is 18.1 Å². The largest absolute Gasteiger partial charge is 0.480 e. The van der Waals surface area contributed by atoms with Crippen LogP contribution in [0.15, 0.2) is 41.8 Å². The van der Waals surface area contributed by atoms with Crippen LogP contribution in [0.5, 0.6) is 0 Å². The van der Waals surface area contributed by atoms with Gasteiger partial charge in [-0.2, -0.15) is 0 Å². The highest BCUT2D eigenvalue weighted by Gasteiger charge is 2.17. The summed E-state index contributed by atoms with van der Waals surface area (Å²) in [6, 6.07) is 5.89. The zero-order chi connectivity index (χ0) is 15.2. The molecule has 0 aliphatic heterocycles. The van der Waals surface area contributed by atoms with E-state index in [-0.39, 0.29) is 23.7 Å². The molecule has 0 bridgehead atoms. The highest BCUT2D eigenvalue weighted by Crippen LogP contribution is 2.15. The molecule has 0 aliphatic carbocycles. The molecule has 0 heterocycles. The van der Waals surface area contributed by atoms with Crippen LogP contribution in [0.25, 0.3) is 0 Å². The van der Waals surface area contributed by atoms with Gasteiger partial charge in [0.25, 0.3) is 0 Å². The van der Waals surface area contributed by atoms with E-state index in [1.54, 1.807) is 0 Å². The average Bonchev–Trinajstić information content (AvgIpc) is 2.36. The van der Waals surface area contributed by atoms with Crippen LogP contribution in [0.3, 0.4) is 0 Å². The molecule has 0 saturated carbocycles. The Morgan fingerprint density at radius 3 is 2.45 bits per heavy atom. The lowest BCUT2D eigenvalue weighted by Gasteiger charge is -2.18. The SMILES string of the molecule is C=CCN(CCS(=O)(=O)c1ccc(Cl)cc1)CC(=O)O. The van der Waals surface area contributed by atoms with Crippen molar-refractivity contribution in [3.63, 3.8) is 0 Å². The van der Waals surface area contributed by atoms with Gasteiger partial charge in [-0.15, -0.1) is 6.58 Å². The number of nitrogens with zero attached hydrogens (tertiary/aromatic N) is 1. The number of halogens is 1. The van der Waals surface area contributed by atoms with Crippen molar-refractivity contribution in [1.82, 2.24) is 4.90 Å². The van der Waals surface area contributed by atoms with Crippen LogP contribution in [0.4, 0.5) is 0 Å². The molecule has 1 rings (SSSR count). The summed E-state index contributed by atoms with van der Waals surface area (Å²) in [6.45, 7) is 3.75. The second-order valence-electron chi connectivity index (χ2n) is 4.19. The van der Waals surface area contributed by atoms with Crippen LogP contribution in [-0.4, -0.2) is 49.8 Å². The fourth-order valence-corrected chi connectivity index (χ4v) is 3.03. The van der Waals surface area contributed by atoms with E-state index in [4.69, 9.17) is 16.7 Å². The molecule has 110 valence electrons. The van der Waals surface area contributed by atoms with Crippen LogP contribution in [0.1, 0.15) is 0 Å². The third-order valence-electron chi connectivity index (χ3n) is 2.60. The van der Waals surface area contributed by atoms with Gasteiger partial charge in [0.1, 0.15) is 0 Å². The first-order chi connectivity index (χ1) is 9.35. The number of hydrogen-bond donors (Lipinski definition) is 1. The van der Waals surface area contributed by atoms with Gasteiger partial charge in [0.15, 0.2) is 9.84 Å². The summed E-state index contributed by atoms with van der Waals surface area (Å²) in [7, 11) is -3.45. The smallest absolute Gasteiger partial charge is 0.317 e. The van der Waals surface area contributed by atoms with Crippen molar-refractivity contribution in [3.8, 4) is 0 Å². The van der Waals surface area contributed by atoms with Gasteiger partial charge in [-0.1, -0.05) is 17.7 Å². The number of carboxylic acids is 1. The van der Waals surface area contributed by atoms with Crippen molar-refractivity contribution < 1.29 is 18.3 Å². The first-order valence-electron chi connectivity index (χ1n) is 5.88. The van der Waals surface area contributed by atoms with E-state index in [9.17, 15) is 13.2 Å². The normalized spacial score (nSPS) is 11.5. The predicted octanol–water partition coefficient (Wildman–Crippen LogP) is 1.69. The topological polar surface area (TPSA) is 74.7 Å². The minimum absolute atomic E-state index is 0.128. The molecule has 0 spiro atoms. The predicted molar refractivity (Wildman–Crippen MR) is 77.8 cm³/mol. The number of rotatable bonds is 8. The fourth-order valence-electron chi connectivity index (χ4n) is 1.62. The van der Waals surface area contributed by atoms with Crippen molar-refractivity contribution in [2.24, 2.45) is 0 Å². The molecule has 0 unspecified atom stereocenters. The summed E-state index contributed by atoms with van der Waals surface area (Å²) >= 11 is 5.71. The molecule has 0 amide bonds. The summed E-state index contributed by atoms with van der Waals surface area (Å²) in [5.74, 6) is -1.16. The van der Waals surface area contributed by atoms with Crippen molar-refractivity contribution in [2.75, 3.05) is 25.4 Å². The summed E-state index contributed by atoms with van der Waals surface area (Å²) in [5, 5.41) is 9.21. The van der Waals surface area contributed by atoms with Crippen LogP contribution in [0, 0.1) is 0 Å². The highest BCUT2D eigenvalue weighted by atomic mass is 35.5. The maximum absolute atomic E-state index is 12.1. The molecule has 5 nitrogen and oxygen atoms in total. The van der Waals surface area contributed by atoms with Gasteiger partial charge >= 0.3 is 5.97 Å². The van der Waals surface area contributed by atoms with Crippen molar-refractivity contribution >= 4 is 27.4 Å². The average molecular weight is 318 g/mol. The van der Waals surface area contributed by atoms with Gasteiger partial charge in [-0.25, -0.2) is 8.42 Å². The Bertz CT molecular complexity index is 569. The molecular weight excluding hydrogens is 302 g/mol. The van der Waals surface area contributed by atoms with E-state index in [0.29, 0.717) is 11.6 Å². The summed E-state index contributed by atoms with van der Waals surface area (Å²) in [5.41, 5.74) is 0. The molecule has 7 heteroatoms. The van der Waals surface area contributed by atoms with Crippen molar-refractivity contribution in [1.29, 1.82) is 0 Å². The third kappa shape index (κ3) is 5.32. The van der Waals surface area contributed by atoms with E-state index < -0.39 is 15.8 Å². The van der Waals surface area contributed by atoms with Gasteiger partial charge in [0.2, 0.25) is 0 Å². The second kappa shape index (κ2) is 7.42. The van der Waals surface area contributed by atoms with Crippen LogP contribution >= 0.6 is 11.6 Å². The van der Waals surface area contributed by atoms with Gasteiger partial charge in [0.05, 0.1) is 17.2 Å². The quantitative estimate of drug-likeness (QED) is 0.738. The summed E-state index contributed by atoms with van der Waals surface area (Å²) in [4.78, 5) is 12.4. The minimum Gasteiger partial charge on any atom is -0.480 e. The monoisotopic (exact) mass is 317 g/mol. The number of sulfone groups is 1. The fraction of sp³-hybridized carbons (Fsp3) is 0.308. The first kappa shape index (κ1) is 16.7. The van der Waals surface area contributed by atoms with E-state index >= 15 is 0 Å². The number of benzene rings is 1. The number of hydrogen-bond acceptors (Lipinski definition) is 4. The standard InChI is InChI=1S/C13H16ClNO4S/c1-2-7-15(10-13(16)17)8-9-20(18,19)12-5-3-11(14)4-6-12/h2-6H,1,7-10H2,(H,16,17). The molecule has 1 N–H and O–H groups in total. The molecule has 0 saturated heterocycles. The third-order valence-corrected chi connectivity index (χ3v) is 4.56. The molecular formula is C13H16ClNO4S. The lowest BCUT2D eigenvalue weighted by molar-refractivity contribution is -0.138. The van der Waals surface area contributed by atoms with Crippen LogP contribution in [-0.2, 0) is 14.6 Å². The zero-order valence-electron chi connectivity index (χ0n) is 10.8. The summed E-state index contributed by atoms with van der Waals surface area (Å²) in [6.07, 6.45) is 1.54. The van der Waals surface area contributed by atoms with Crippen LogP contribution in [0.2, 0.25) is 5.02 Å². The Labute approximate surface area is 123 Å².